The second kappa shape index (κ2) is 17.8. The minimum absolute atomic E-state index is 0.0997. The van der Waals surface area contributed by atoms with Gasteiger partial charge in [0.2, 0.25) is 5.91 Å². The summed E-state index contributed by atoms with van der Waals surface area (Å²) in [5, 5.41) is 6.15. The summed E-state index contributed by atoms with van der Waals surface area (Å²) in [5.74, 6) is -0.330. The van der Waals surface area contributed by atoms with Gasteiger partial charge in [-0.05, 0) is 43.2 Å². The highest BCUT2D eigenvalue weighted by Crippen LogP contribution is 2.29. The van der Waals surface area contributed by atoms with Gasteiger partial charge in [-0.1, -0.05) is 107 Å². The van der Waals surface area contributed by atoms with E-state index < -0.39 is 5.82 Å². The number of hydrogen-bond acceptors (Lipinski definition) is 3. The second-order valence-corrected chi connectivity index (χ2v) is 11.2. The van der Waals surface area contributed by atoms with Gasteiger partial charge in [-0.2, -0.15) is 4.57 Å². The van der Waals surface area contributed by atoms with Gasteiger partial charge in [0.25, 0.3) is 5.01 Å². The molecule has 6 heteroatoms. The molecule has 0 unspecified atom stereocenters. The van der Waals surface area contributed by atoms with E-state index in [4.69, 9.17) is 4.74 Å². The topological polar surface area (TPSA) is 42.2 Å². The number of halogens is 1. The number of aryl methyl sites for hydroxylation is 1. The van der Waals surface area contributed by atoms with E-state index in [2.05, 4.69) is 23.7 Å². The molecule has 0 saturated heterocycles. The van der Waals surface area contributed by atoms with Crippen LogP contribution in [0.15, 0.2) is 54.0 Å². The van der Waals surface area contributed by atoms with Crippen LogP contribution in [0.1, 0.15) is 96.5 Å². The molecule has 0 saturated carbocycles. The third kappa shape index (κ3) is 10.7. The van der Waals surface area contributed by atoms with E-state index in [0.717, 1.165) is 35.6 Å². The number of carbonyl (C=O) groups is 1. The lowest BCUT2D eigenvalue weighted by atomic mass is 10.1. The molecule has 39 heavy (non-hydrogen) atoms. The average Bonchev–Trinajstić information content (AvgIpc) is 3.41. The molecule has 0 bridgehead atoms. The van der Waals surface area contributed by atoms with Crippen molar-refractivity contribution in [2.24, 2.45) is 0 Å². The average molecular weight is 554 g/mol. The number of hydrogen-bond donors (Lipinski definition) is 1. The maximum absolute atomic E-state index is 14.6. The van der Waals surface area contributed by atoms with E-state index in [9.17, 15) is 9.18 Å². The fraction of sp³-hybridized carbons (Fsp3) is 0.515. The molecule has 1 amide bonds. The van der Waals surface area contributed by atoms with Crippen molar-refractivity contribution >= 4 is 22.9 Å². The van der Waals surface area contributed by atoms with Gasteiger partial charge in [0.05, 0.1) is 29.7 Å². The van der Waals surface area contributed by atoms with Crippen LogP contribution in [0.5, 0.6) is 5.75 Å². The lowest BCUT2D eigenvalue weighted by molar-refractivity contribution is -0.678. The summed E-state index contributed by atoms with van der Waals surface area (Å²) in [6.07, 6.45) is 17.5. The Kier molecular flexibility index (Phi) is 14.0. The third-order valence-corrected chi connectivity index (χ3v) is 8.01. The first-order valence-electron chi connectivity index (χ1n) is 14.9. The summed E-state index contributed by atoms with van der Waals surface area (Å²) in [7, 11) is 0. The number of unbranched alkanes of at least 4 members (excludes halogenated alkanes) is 11. The summed E-state index contributed by atoms with van der Waals surface area (Å²) in [6, 6.07) is 12.6. The van der Waals surface area contributed by atoms with Gasteiger partial charge < -0.3 is 10.1 Å². The molecule has 3 aromatic rings. The zero-order valence-electron chi connectivity index (χ0n) is 23.9. The smallest absolute Gasteiger partial charge is 0.271 e. The van der Waals surface area contributed by atoms with Gasteiger partial charge in [0.1, 0.15) is 6.54 Å². The van der Waals surface area contributed by atoms with Crippen LogP contribution >= 0.6 is 11.3 Å². The Balaban J connectivity index is 1.35. The van der Waals surface area contributed by atoms with Crippen LogP contribution in [0.25, 0.3) is 10.6 Å². The lowest BCUT2D eigenvalue weighted by Crippen LogP contribution is -2.31. The van der Waals surface area contributed by atoms with Crippen LogP contribution in [0, 0.1) is 5.82 Å². The molecular weight excluding hydrogens is 507 g/mol. The molecule has 1 heterocycles. The van der Waals surface area contributed by atoms with E-state index in [-0.39, 0.29) is 18.1 Å². The van der Waals surface area contributed by atoms with E-state index in [1.165, 1.54) is 70.3 Å². The first-order chi connectivity index (χ1) is 19.1. The lowest BCUT2D eigenvalue weighted by Gasteiger charge is -2.11. The minimum atomic E-state index is -0.415. The Bertz CT molecular complexity index is 1130. The molecule has 3 rings (SSSR count). The number of amides is 1. The van der Waals surface area contributed by atoms with Crippen molar-refractivity contribution in [1.82, 2.24) is 0 Å². The van der Waals surface area contributed by atoms with E-state index in [1.807, 2.05) is 35.8 Å². The van der Waals surface area contributed by atoms with Crippen LogP contribution in [-0.4, -0.2) is 12.5 Å². The maximum atomic E-state index is 14.6. The third-order valence-electron chi connectivity index (χ3n) is 7.07. The largest absolute Gasteiger partial charge is 0.491 e. The number of nitrogens with one attached hydrogen (secondary N) is 1. The van der Waals surface area contributed by atoms with E-state index >= 15 is 0 Å². The number of carbonyl (C=O) groups excluding carboxylic acids is 1. The Morgan fingerprint density at radius 3 is 2.23 bits per heavy atom. The first-order valence-corrected chi connectivity index (χ1v) is 15.8. The van der Waals surface area contributed by atoms with Gasteiger partial charge >= 0.3 is 0 Å². The molecule has 1 aromatic heterocycles. The fourth-order valence-electron chi connectivity index (χ4n) is 4.83. The first kappa shape index (κ1) is 30.8. The van der Waals surface area contributed by atoms with Crippen LogP contribution in [-0.2, 0) is 17.8 Å². The number of rotatable bonds is 19. The fourth-order valence-corrected chi connectivity index (χ4v) is 5.79. The van der Waals surface area contributed by atoms with Crippen molar-refractivity contribution in [1.29, 1.82) is 0 Å². The highest BCUT2D eigenvalue weighted by molar-refractivity contribution is 7.12. The molecule has 0 radical (unpaired) electrons. The standard InChI is InChI=1S/C33H45FN2O2S/c1-3-5-6-7-8-9-10-11-12-13-14-17-23-38-31-21-20-27(25-29(31)34)26-32(37)35-30-19-16-15-18-28(30)33-36(4-2)22-24-39-33/h15-16,18-22,24-25H,3-14,17,23,26H2,1-2H3/p+1. The predicted molar refractivity (Wildman–Crippen MR) is 161 cm³/mol. The number of para-hydroxylation sites is 1. The van der Waals surface area contributed by atoms with Crippen molar-refractivity contribution in [2.45, 2.75) is 104 Å². The number of benzene rings is 2. The minimum Gasteiger partial charge on any atom is -0.491 e. The number of ether oxygens (including phenoxy) is 1. The molecular formula is C33H46FN2O2S+. The summed E-state index contributed by atoms with van der Waals surface area (Å²) in [4.78, 5) is 12.8. The zero-order valence-corrected chi connectivity index (χ0v) is 24.7. The van der Waals surface area contributed by atoms with Crippen molar-refractivity contribution in [3.05, 3.63) is 65.4 Å². The molecule has 2 aromatic carbocycles. The quantitative estimate of drug-likeness (QED) is 0.119. The summed E-state index contributed by atoms with van der Waals surface area (Å²) in [6.45, 7) is 5.73. The van der Waals surface area contributed by atoms with Crippen LogP contribution in [0.2, 0.25) is 0 Å². The van der Waals surface area contributed by atoms with Gasteiger partial charge in [-0.15, -0.1) is 0 Å². The summed E-state index contributed by atoms with van der Waals surface area (Å²) < 4.78 is 22.5. The Labute approximate surface area is 238 Å². The van der Waals surface area contributed by atoms with Gasteiger partial charge in [-0.3, -0.25) is 4.79 Å². The molecule has 0 fully saturated rings. The molecule has 0 aliphatic heterocycles. The molecule has 212 valence electrons. The highest BCUT2D eigenvalue weighted by Gasteiger charge is 2.18. The zero-order chi connectivity index (χ0) is 27.7. The van der Waals surface area contributed by atoms with Crippen LogP contribution < -0.4 is 14.6 Å². The summed E-state index contributed by atoms with van der Waals surface area (Å²) in [5.41, 5.74) is 2.37. The molecule has 4 nitrogen and oxygen atoms in total. The van der Waals surface area contributed by atoms with Gasteiger partial charge in [-0.25, -0.2) is 4.39 Å². The van der Waals surface area contributed by atoms with Crippen molar-refractivity contribution in [3.63, 3.8) is 0 Å². The van der Waals surface area contributed by atoms with Crippen molar-refractivity contribution in [2.75, 3.05) is 11.9 Å². The molecule has 0 spiro atoms. The number of nitrogens with zero attached hydrogens (tertiary/aromatic N) is 1. The molecule has 0 atom stereocenters. The molecule has 0 aliphatic carbocycles. The van der Waals surface area contributed by atoms with E-state index in [1.54, 1.807) is 23.5 Å². The predicted octanol–water partition coefficient (Wildman–Crippen LogP) is 9.12. The Morgan fingerprint density at radius 1 is 0.897 bits per heavy atom. The maximum Gasteiger partial charge on any atom is 0.271 e. The second-order valence-electron chi connectivity index (χ2n) is 10.3. The number of anilines is 1. The van der Waals surface area contributed by atoms with E-state index in [0.29, 0.717) is 12.2 Å². The Morgan fingerprint density at radius 2 is 1.56 bits per heavy atom. The van der Waals surface area contributed by atoms with Gasteiger partial charge in [0.15, 0.2) is 17.8 Å². The van der Waals surface area contributed by atoms with Crippen LogP contribution in [0.4, 0.5) is 10.1 Å². The van der Waals surface area contributed by atoms with Crippen molar-refractivity contribution in [3.8, 4) is 16.3 Å². The van der Waals surface area contributed by atoms with Gasteiger partial charge in [0, 0.05) is 0 Å². The molecule has 0 aliphatic rings. The monoisotopic (exact) mass is 553 g/mol. The van der Waals surface area contributed by atoms with Crippen LogP contribution in [0.3, 0.4) is 0 Å². The summed E-state index contributed by atoms with van der Waals surface area (Å²) >= 11 is 1.64. The van der Waals surface area contributed by atoms with Crippen molar-refractivity contribution < 1.29 is 18.5 Å². The normalized spacial score (nSPS) is 11.1. The number of thiazole rings is 1. The number of aromatic nitrogens is 1. The molecule has 1 N–H and O–H groups in total. The Hall–Kier alpha value is -2.73. The SMILES string of the molecule is CCCCCCCCCCCCCCOc1ccc(CC(=O)Nc2ccccc2-c2scc[n+]2CC)cc1F. The highest BCUT2D eigenvalue weighted by atomic mass is 32.1.